The summed E-state index contributed by atoms with van der Waals surface area (Å²) >= 11 is 1.32. The van der Waals surface area contributed by atoms with Crippen LogP contribution in [0.2, 0.25) is 0 Å². The highest BCUT2D eigenvalue weighted by Crippen LogP contribution is 2.35. The van der Waals surface area contributed by atoms with Crippen LogP contribution in [0.4, 0.5) is 5.69 Å². The van der Waals surface area contributed by atoms with E-state index < -0.39 is 0 Å². The number of carbonyl (C=O) groups is 1. The van der Waals surface area contributed by atoms with Crippen LogP contribution in [0.3, 0.4) is 0 Å². The molecule has 27 heavy (non-hydrogen) atoms. The zero-order valence-corrected chi connectivity index (χ0v) is 15.7. The number of amides is 1. The number of amidine groups is 1. The van der Waals surface area contributed by atoms with Crippen molar-refractivity contribution in [3.63, 3.8) is 0 Å². The number of nitrogens with zero attached hydrogens (tertiary/aromatic N) is 3. The topological polar surface area (TPSA) is 74.9 Å². The van der Waals surface area contributed by atoms with Crippen LogP contribution in [-0.2, 0) is 4.79 Å². The maximum absolute atomic E-state index is 12.5. The van der Waals surface area contributed by atoms with Gasteiger partial charge in [0.2, 0.25) is 0 Å². The number of likely N-dealkylation sites (N-methyl/N-ethyl adjacent to an activating group) is 1. The molecule has 2 aromatic rings. The smallest absolute Gasteiger partial charge is 0.266 e. The third-order valence-corrected chi connectivity index (χ3v) is 4.82. The average Bonchev–Trinajstić information content (AvgIpc) is 2.95. The van der Waals surface area contributed by atoms with E-state index in [2.05, 4.69) is 4.99 Å². The van der Waals surface area contributed by atoms with Crippen LogP contribution >= 0.6 is 11.8 Å². The summed E-state index contributed by atoms with van der Waals surface area (Å²) in [5.41, 5.74) is 1.59. The Morgan fingerprint density at radius 2 is 2.00 bits per heavy atom. The molecule has 0 unspecified atom stereocenters. The molecule has 0 radical (unpaired) electrons. The van der Waals surface area contributed by atoms with Crippen LogP contribution in [0.25, 0.3) is 6.08 Å². The van der Waals surface area contributed by atoms with Gasteiger partial charge in [0.15, 0.2) is 23.3 Å². The van der Waals surface area contributed by atoms with Crippen molar-refractivity contribution in [2.24, 2.45) is 4.99 Å². The molecule has 7 heteroatoms. The lowest BCUT2D eigenvalue weighted by molar-refractivity contribution is -0.121. The van der Waals surface area contributed by atoms with Gasteiger partial charge in [-0.3, -0.25) is 9.69 Å². The maximum atomic E-state index is 12.5. The molecule has 0 spiro atoms. The average molecular weight is 379 g/mol. The molecule has 0 atom stereocenters. The van der Waals surface area contributed by atoms with Crippen LogP contribution < -0.4 is 9.47 Å². The first-order valence-corrected chi connectivity index (χ1v) is 8.93. The molecule has 2 aromatic carbocycles. The zero-order chi connectivity index (χ0) is 19.2. The largest absolute Gasteiger partial charge is 0.493 e. The Kier molecular flexibility index (Phi) is 5.79. The second-order valence-corrected chi connectivity index (χ2v) is 6.57. The second kappa shape index (κ2) is 8.43. The summed E-state index contributed by atoms with van der Waals surface area (Å²) in [5.74, 6) is 0.870. The normalized spacial score (nSPS) is 16.6. The summed E-state index contributed by atoms with van der Waals surface area (Å²) in [6.07, 6.45) is 1.79. The summed E-state index contributed by atoms with van der Waals surface area (Å²) in [4.78, 5) is 19.2. The number of nitriles is 1. The number of para-hydroxylation sites is 1. The van der Waals surface area contributed by atoms with Crippen LogP contribution in [0, 0.1) is 11.3 Å². The Morgan fingerprint density at radius 1 is 1.22 bits per heavy atom. The minimum Gasteiger partial charge on any atom is -0.493 e. The molecule has 6 nitrogen and oxygen atoms in total. The van der Waals surface area contributed by atoms with Gasteiger partial charge in [-0.2, -0.15) is 5.26 Å². The van der Waals surface area contributed by atoms with Gasteiger partial charge in [0.1, 0.15) is 6.07 Å². The van der Waals surface area contributed by atoms with Gasteiger partial charge >= 0.3 is 0 Å². The summed E-state index contributed by atoms with van der Waals surface area (Å²) in [6, 6.07) is 16.7. The minimum absolute atomic E-state index is 0.0603. The van der Waals surface area contributed by atoms with Crippen LogP contribution in [0.15, 0.2) is 58.4 Å². The standard InChI is InChI=1S/C20H17N3O3S/c1-23-19(24)18(27-20(23)22-15-6-4-3-5-7-15)13-14-8-9-16(26-11-10-21)17(12-14)25-2/h3-9,12-13H,11H2,1-2H3. The Balaban J connectivity index is 1.86. The number of methoxy groups -OCH3 is 1. The number of aliphatic imine (C=N–C) groups is 1. The summed E-state index contributed by atoms with van der Waals surface area (Å²) in [5, 5.41) is 9.26. The number of thioether (sulfide) groups is 1. The van der Waals surface area contributed by atoms with Crippen molar-refractivity contribution in [2.75, 3.05) is 20.8 Å². The van der Waals surface area contributed by atoms with Crippen LogP contribution in [0.1, 0.15) is 5.56 Å². The van der Waals surface area contributed by atoms with Crippen LogP contribution in [-0.4, -0.2) is 36.7 Å². The third kappa shape index (κ3) is 4.30. The van der Waals surface area contributed by atoms with E-state index in [0.717, 1.165) is 11.3 Å². The highest BCUT2D eigenvalue weighted by Gasteiger charge is 2.30. The van der Waals surface area contributed by atoms with Crippen molar-refractivity contribution in [1.29, 1.82) is 5.26 Å². The van der Waals surface area contributed by atoms with E-state index in [1.54, 1.807) is 25.3 Å². The van der Waals surface area contributed by atoms with Gasteiger partial charge in [0, 0.05) is 7.05 Å². The summed E-state index contributed by atoms with van der Waals surface area (Å²) in [6.45, 7) is -0.0603. The van der Waals surface area contributed by atoms with E-state index in [4.69, 9.17) is 14.7 Å². The first kappa shape index (κ1) is 18.5. The lowest BCUT2D eigenvalue weighted by Crippen LogP contribution is -2.23. The zero-order valence-electron chi connectivity index (χ0n) is 14.9. The lowest BCUT2D eigenvalue weighted by Gasteiger charge is -2.09. The van der Waals surface area contributed by atoms with Gasteiger partial charge in [-0.1, -0.05) is 24.3 Å². The third-order valence-electron chi connectivity index (χ3n) is 3.76. The van der Waals surface area contributed by atoms with Crippen LogP contribution in [0.5, 0.6) is 11.5 Å². The fraction of sp³-hybridized carbons (Fsp3) is 0.150. The molecule has 1 aliphatic heterocycles. The van der Waals surface area contributed by atoms with E-state index in [9.17, 15) is 4.79 Å². The van der Waals surface area contributed by atoms with Gasteiger partial charge in [-0.15, -0.1) is 0 Å². The molecule has 1 amide bonds. The van der Waals surface area contributed by atoms with E-state index >= 15 is 0 Å². The Morgan fingerprint density at radius 3 is 2.70 bits per heavy atom. The molecule has 0 aromatic heterocycles. The summed E-state index contributed by atoms with van der Waals surface area (Å²) in [7, 11) is 3.23. The van der Waals surface area contributed by atoms with Gasteiger partial charge in [0.25, 0.3) is 5.91 Å². The number of ether oxygens (including phenoxy) is 2. The molecule has 0 saturated carbocycles. The molecule has 0 bridgehead atoms. The minimum atomic E-state index is -0.113. The molecule has 1 aliphatic rings. The molecular weight excluding hydrogens is 362 g/mol. The molecule has 3 rings (SSSR count). The number of hydrogen-bond donors (Lipinski definition) is 0. The van der Waals surface area contributed by atoms with E-state index in [1.165, 1.54) is 23.8 Å². The highest BCUT2D eigenvalue weighted by atomic mass is 32.2. The molecular formula is C20H17N3O3S. The fourth-order valence-electron chi connectivity index (χ4n) is 2.42. The van der Waals surface area contributed by atoms with Crippen molar-refractivity contribution in [1.82, 2.24) is 4.90 Å². The van der Waals surface area contributed by atoms with Gasteiger partial charge in [0.05, 0.1) is 17.7 Å². The molecule has 0 aliphatic carbocycles. The van der Waals surface area contributed by atoms with Crippen molar-refractivity contribution in [3.05, 3.63) is 59.0 Å². The van der Waals surface area contributed by atoms with E-state index in [0.29, 0.717) is 21.6 Å². The van der Waals surface area contributed by atoms with Gasteiger partial charge in [-0.25, -0.2) is 4.99 Å². The molecule has 0 N–H and O–H groups in total. The van der Waals surface area contributed by atoms with E-state index in [1.807, 2.05) is 42.5 Å². The Bertz CT molecular complexity index is 949. The monoisotopic (exact) mass is 379 g/mol. The summed E-state index contributed by atoms with van der Waals surface area (Å²) < 4.78 is 10.6. The Labute approximate surface area is 161 Å². The number of rotatable bonds is 5. The molecule has 136 valence electrons. The Hall–Kier alpha value is -3.24. The predicted octanol–water partition coefficient (Wildman–Crippen LogP) is 3.83. The van der Waals surface area contributed by atoms with Gasteiger partial charge < -0.3 is 9.47 Å². The number of benzene rings is 2. The van der Waals surface area contributed by atoms with Gasteiger partial charge in [-0.05, 0) is 47.7 Å². The first-order valence-electron chi connectivity index (χ1n) is 8.11. The maximum Gasteiger partial charge on any atom is 0.266 e. The fourth-order valence-corrected chi connectivity index (χ4v) is 3.41. The number of hydrogen-bond acceptors (Lipinski definition) is 6. The molecule has 1 saturated heterocycles. The van der Waals surface area contributed by atoms with Crippen molar-refractivity contribution < 1.29 is 14.3 Å². The molecule has 1 fully saturated rings. The van der Waals surface area contributed by atoms with E-state index in [-0.39, 0.29) is 12.5 Å². The lowest BCUT2D eigenvalue weighted by atomic mass is 10.2. The van der Waals surface area contributed by atoms with Crippen molar-refractivity contribution >= 4 is 34.6 Å². The first-order chi connectivity index (χ1) is 13.1. The number of carbonyl (C=O) groups excluding carboxylic acids is 1. The predicted molar refractivity (Wildman–Crippen MR) is 106 cm³/mol. The molecule has 1 heterocycles. The van der Waals surface area contributed by atoms with Crippen molar-refractivity contribution in [2.45, 2.75) is 0 Å². The highest BCUT2D eigenvalue weighted by molar-refractivity contribution is 8.18. The SMILES string of the molecule is COc1cc(C=C2SC(=Nc3ccccc3)N(C)C2=O)ccc1OCC#N. The quantitative estimate of drug-likeness (QED) is 0.738. The van der Waals surface area contributed by atoms with Crippen molar-refractivity contribution in [3.8, 4) is 17.6 Å². The second-order valence-electron chi connectivity index (χ2n) is 5.56.